The molecule has 0 aliphatic heterocycles. The quantitative estimate of drug-likeness (QED) is 0.579. The van der Waals surface area contributed by atoms with Crippen molar-refractivity contribution >= 4 is 39.8 Å². The molecule has 0 saturated carbocycles. The molecule has 0 unspecified atom stereocenters. The molecule has 0 amide bonds. The zero-order chi connectivity index (χ0) is 18.5. The largest absolute Gasteiger partial charge is 0.482 e. The van der Waals surface area contributed by atoms with Crippen LogP contribution in [0.3, 0.4) is 0 Å². The summed E-state index contributed by atoms with van der Waals surface area (Å²) < 4.78 is 5.18. The van der Waals surface area contributed by atoms with E-state index in [-0.39, 0.29) is 0 Å². The molecule has 2 heterocycles. The van der Waals surface area contributed by atoms with Gasteiger partial charge in [0.05, 0.1) is 5.69 Å². The third kappa shape index (κ3) is 4.90. The van der Waals surface area contributed by atoms with Crippen LogP contribution in [-0.2, 0) is 4.79 Å². The molecule has 26 heavy (non-hydrogen) atoms. The van der Waals surface area contributed by atoms with Crippen molar-refractivity contribution < 1.29 is 14.6 Å². The van der Waals surface area contributed by atoms with Gasteiger partial charge in [-0.1, -0.05) is 6.07 Å². The molecule has 0 spiro atoms. The molecule has 2 aromatic heterocycles. The number of nitrogens with zero attached hydrogens (tertiary/aromatic N) is 3. The van der Waals surface area contributed by atoms with Crippen LogP contribution < -0.4 is 15.4 Å². The highest BCUT2D eigenvalue weighted by Crippen LogP contribution is 2.24. The maximum Gasteiger partial charge on any atom is 0.341 e. The molecule has 3 rings (SSSR count). The minimum absolute atomic E-state index is 0.392. The highest BCUT2D eigenvalue weighted by molar-refractivity contribution is 7.13. The Labute approximate surface area is 153 Å². The molecule has 0 bridgehead atoms. The lowest BCUT2D eigenvalue weighted by Crippen LogP contribution is -2.09. The summed E-state index contributed by atoms with van der Waals surface area (Å²) in [6, 6.07) is 8.77. The fourth-order valence-electron chi connectivity index (χ4n) is 2.17. The molecular formula is C17H17N5O3S. The molecule has 0 aliphatic carbocycles. The lowest BCUT2D eigenvalue weighted by molar-refractivity contribution is -0.139. The van der Waals surface area contributed by atoms with E-state index >= 15 is 0 Å². The number of rotatable bonds is 7. The Morgan fingerprint density at radius 2 is 1.92 bits per heavy atom. The van der Waals surface area contributed by atoms with E-state index in [4.69, 9.17) is 9.84 Å². The monoisotopic (exact) mass is 371 g/mol. The second kappa shape index (κ2) is 7.79. The number of hydrogen-bond donors (Lipinski definition) is 3. The van der Waals surface area contributed by atoms with Crippen molar-refractivity contribution in [3.63, 3.8) is 0 Å². The van der Waals surface area contributed by atoms with Gasteiger partial charge in [-0.25, -0.2) is 19.7 Å². The Kier molecular flexibility index (Phi) is 5.28. The first kappa shape index (κ1) is 17.6. The Morgan fingerprint density at radius 3 is 2.62 bits per heavy atom. The molecule has 3 aromatic rings. The van der Waals surface area contributed by atoms with E-state index in [1.54, 1.807) is 31.2 Å². The van der Waals surface area contributed by atoms with Crippen LogP contribution in [0.4, 0.5) is 22.5 Å². The second-order valence-electron chi connectivity index (χ2n) is 5.44. The zero-order valence-electron chi connectivity index (χ0n) is 14.2. The predicted octanol–water partition coefficient (Wildman–Crippen LogP) is 3.50. The first-order valence-corrected chi connectivity index (χ1v) is 8.62. The Hall–Kier alpha value is -3.20. The number of carboxylic acid groups (broad SMARTS) is 1. The zero-order valence-corrected chi connectivity index (χ0v) is 15.0. The number of thiazole rings is 1. The summed E-state index contributed by atoms with van der Waals surface area (Å²) in [6.07, 6.45) is 0. The fraction of sp³-hybridized carbons (Fsp3) is 0.176. The number of carboxylic acids is 1. The van der Waals surface area contributed by atoms with Gasteiger partial charge < -0.3 is 20.5 Å². The average Bonchev–Trinajstić information content (AvgIpc) is 2.97. The number of anilines is 4. The summed E-state index contributed by atoms with van der Waals surface area (Å²) >= 11 is 1.50. The number of benzene rings is 1. The van der Waals surface area contributed by atoms with E-state index < -0.39 is 12.6 Å². The smallest absolute Gasteiger partial charge is 0.341 e. The number of aliphatic carboxylic acids is 1. The lowest BCUT2D eigenvalue weighted by Gasteiger charge is -2.10. The molecule has 0 radical (unpaired) electrons. The number of ether oxygens (including phenoxy) is 1. The molecule has 9 heteroatoms. The molecule has 0 atom stereocenters. The molecule has 0 fully saturated rings. The van der Waals surface area contributed by atoms with Crippen molar-refractivity contribution in [2.45, 2.75) is 13.8 Å². The van der Waals surface area contributed by atoms with E-state index in [0.717, 1.165) is 16.5 Å². The highest BCUT2D eigenvalue weighted by atomic mass is 32.1. The first-order chi connectivity index (χ1) is 12.5. The van der Waals surface area contributed by atoms with E-state index in [2.05, 4.69) is 25.6 Å². The maximum absolute atomic E-state index is 10.6. The van der Waals surface area contributed by atoms with Crippen LogP contribution in [0.25, 0.3) is 0 Å². The van der Waals surface area contributed by atoms with Gasteiger partial charge in [0.15, 0.2) is 11.7 Å². The second-order valence-corrected chi connectivity index (χ2v) is 6.30. The Morgan fingerprint density at radius 1 is 1.15 bits per heavy atom. The summed E-state index contributed by atoms with van der Waals surface area (Å²) in [6.45, 7) is 3.34. The van der Waals surface area contributed by atoms with Crippen LogP contribution in [0.1, 0.15) is 11.5 Å². The topological polar surface area (TPSA) is 109 Å². The van der Waals surface area contributed by atoms with Crippen molar-refractivity contribution in [2.24, 2.45) is 0 Å². The predicted molar refractivity (Wildman–Crippen MR) is 99.8 cm³/mol. The van der Waals surface area contributed by atoms with Crippen LogP contribution >= 0.6 is 11.3 Å². The van der Waals surface area contributed by atoms with Gasteiger partial charge in [-0.05, 0) is 26.0 Å². The van der Waals surface area contributed by atoms with Crippen molar-refractivity contribution in [1.29, 1.82) is 0 Å². The van der Waals surface area contributed by atoms with Crippen molar-refractivity contribution in [3.8, 4) is 5.75 Å². The molecule has 3 N–H and O–H groups in total. The minimum atomic E-state index is -1.03. The molecule has 0 aliphatic rings. The first-order valence-electron chi connectivity index (χ1n) is 7.74. The summed E-state index contributed by atoms with van der Waals surface area (Å²) in [5.41, 5.74) is 1.67. The highest BCUT2D eigenvalue weighted by Gasteiger charge is 2.06. The van der Waals surface area contributed by atoms with Crippen LogP contribution in [0.15, 0.2) is 35.7 Å². The summed E-state index contributed by atoms with van der Waals surface area (Å²) in [7, 11) is 0. The minimum Gasteiger partial charge on any atom is -0.482 e. The van der Waals surface area contributed by atoms with Crippen molar-refractivity contribution in [3.05, 3.63) is 47.2 Å². The van der Waals surface area contributed by atoms with Gasteiger partial charge in [0, 0.05) is 23.2 Å². The van der Waals surface area contributed by atoms with Gasteiger partial charge in [-0.15, -0.1) is 11.3 Å². The number of aryl methyl sites for hydroxylation is 2. The van der Waals surface area contributed by atoms with Crippen LogP contribution in [0.5, 0.6) is 5.75 Å². The van der Waals surface area contributed by atoms with Crippen LogP contribution in [0, 0.1) is 13.8 Å². The molecule has 134 valence electrons. The molecule has 0 saturated heterocycles. The van der Waals surface area contributed by atoms with Gasteiger partial charge in [-0.3, -0.25) is 0 Å². The summed E-state index contributed by atoms with van der Waals surface area (Å²) in [5, 5.41) is 17.7. The Bertz CT molecular complexity index is 928. The van der Waals surface area contributed by atoms with Crippen LogP contribution in [0.2, 0.25) is 0 Å². The van der Waals surface area contributed by atoms with Gasteiger partial charge in [-0.2, -0.15) is 0 Å². The SMILES string of the molecule is Cc1csc(Nc2cc(Nc3cccc(OCC(=O)O)c3)nc(C)n2)n1. The number of aromatic nitrogens is 3. The third-order valence-corrected chi connectivity index (χ3v) is 4.04. The summed E-state index contributed by atoms with van der Waals surface area (Å²) in [5.74, 6) is 1.27. The van der Waals surface area contributed by atoms with Gasteiger partial charge >= 0.3 is 5.97 Å². The van der Waals surface area contributed by atoms with Gasteiger partial charge in [0.1, 0.15) is 23.2 Å². The number of nitrogens with one attached hydrogen (secondary N) is 2. The maximum atomic E-state index is 10.6. The van der Waals surface area contributed by atoms with E-state index in [9.17, 15) is 4.79 Å². The Balaban J connectivity index is 1.75. The van der Waals surface area contributed by atoms with Gasteiger partial charge in [0.25, 0.3) is 0 Å². The molecule has 1 aromatic carbocycles. The van der Waals surface area contributed by atoms with Crippen molar-refractivity contribution in [1.82, 2.24) is 15.0 Å². The van der Waals surface area contributed by atoms with E-state index in [1.165, 1.54) is 11.3 Å². The average molecular weight is 371 g/mol. The normalized spacial score (nSPS) is 10.4. The molecule has 8 nitrogen and oxygen atoms in total. The van der Waals surface area contributed by atoms with Gasteiger partial charge in [0.2, 0.25) is 0 Å². The standard InChI is InChI=1S/C17H17N5O3S/c1-10-9-26-17(18-10)22-15-7-14(19-11(2)20-15)21-12-4-3-5-13(6-12)25-8-16(23)24/h3-7,9H,8H2,1-2H3,(H,23,24)(H2,18,19,20,21,22). The fourth-order valence-corrected chi connectivity index (χ4v) is 2.87. The number of hydrogen-bond acceptors (Lipinski definition) is 8. The van der Waals surface area contributed by atoms with E-state index in [0.29, 0.717) is 23.2 Å². The molecular weight excluding hydrogens is 354 g/mol. The van der Waals surface area contributed by atoms with Crippen molar-refractivity contribution in [2.75, 3.05) is 17.2 Å². The van der Waals surface area contributed by atoms with E-state index in [1.807, 2.05) is 18.4 Å². The lowest BCUT2D eigenvalue weighted by atomic mass is 10.3. The third-order valence-electron chi connectivity index (χ3n) is 3.16. The summed E-state index contributed by atoms with van der Waals surface area (Å²) in [4.78, 5) is 23.7. The van der Waals surface area contributed by atoms with Crippen LogP contribution in [-0.4, -0.2) is 32.6 Å². The number of carbonyl (C=O) groups is 1.